The van der Waals surface area contributed by atoms with Crippen molar-refractivity contribution in [2.24, 2.45) is 5.92 Å². The minimum absolute atomic E-state index is 0.109. The maximum absolute atomic E-state index is 10.6. The van der Waals surface area contributed by atoms with Crippen molar-refractivity contribution in [3.8, 4) is 0 Å². The van der Waals surface area contributed by atoms with Crippen LogP contribution in [0.4, 0.5) is 0 Å². The van der Waals surface area contributed by atoms with Crippen LogP contribution in [-0.4, -0.2) is 35.5 Å². The Kier molecular flexibility index (Phi) is 4.26. The van der Waals surface area contributed by atoms with Gasteiger partial charge in [0.05, 0.1) is 16.7 Å². The van der Waals surface area contributed by atoms with Crippen LogP contribution in [0.3, 0.4) is 0 Å². The van der Waals surface area contributed by atoms with Crippen molar-refractivity contribution < 1.29 is 14.6 Å². The Labute approximate surface area is 124 Å². The van der Waals surface area contributed by atoms with E-state index in [-0.39, 0.29) is 11.5 Å². The molecule has 0 aromatic carbocycles. The van der Waals surface area contributed by atoms with Crippen LogP contribution in [0.1, 0.15) is 37.4 Å². The molecule has 2 aliphatic heterocycles. The largest absolute Gasteiger partial charge is 0.388 e. The second kappa shape index (κ2) is 5.98. The Balaban J connectivity index is 1.75. The molecule has 3 rings (SSSR count). The topological polar surface area (TPSA) is 51.6 Å². The van der Waals surface area contributed by atoms with Crippen molar-refractivity contribution in [2.45, 2.75) is 37.4 Å². The molecular weight excluding hydrogens is 278 g/mol. The van der Waals surface area contributed by atoms with Crippen LogP contribution in [0.5, 0.6) is 0 Å². The number of aromatic nitrogens is 1. The third-order valence-corrected chi connectivity index (χ3v) is 4.82. The molecule has 0 amide bonds. The van der Waals surface area contributed by atoms with Crippen LogP contribution in [0.25, 0.3) is 0 Å². The van der Waals surface area contributed by atoms with E-state index in [2.05, 4.69) is 4.98 Å². The summed E-state index contributed by atoms with van der Waals surface area (Å²) in [5.41, 5.74) is 0.664. The van der Waals surface area contributed by atoms with Gasteiger partial charge in [-0.25, -0.2) is 0 Å². The molecule has 2 saturated heterocycles. The fourth-order valence-corrected chi connectivity index (χ4v) is 3.54. The summed E-state index contributed by atoms with van der Waals surface area (Å²) in [6, 6.07) is 1.80. The number of aliphatic hydroxyl groups excluding tert-OH is 1. The number of hydrogen-bond donors (Lipinski definition) is 1. The molecule has 2 unspecified atom stereocenters. The lowest BCUT2D eigenvalue weighted by molar-refractivity contribution is -0.159. The van der Waals surface area contributed by atoms with Gasteiger partial charge in [-0.3, -0.25) is 4.98 Å². The van der Waals surface area contributed by atoms with Gasteiger partial charge in [-0.05, 0) is 37.7 Å². The predicted octanol–water partition coefficient (Wildman–Crippen LogP) is 2.74. The lowest BCUT2D eigenvalue weighted by atomic mass is 9.77. The molecule has 0 bridgehead atoms. The SMILES string of the molecule is OC(c1ccncc1Cl)C1CCOC2(CCOCC2)C1. The number of nitrogens with zero attached hydrogens (tertiary/aromatic N) is 1. The van der Waals surface area contributed by atoms with Crippen molar-refractivity contribution in [3.05, 3.63) is 29.0 Å². The summed E-state index contributed by atoms with van der Waals surface area (Å²) >= 11 is 6.14. The molecule has 2 fully saturated rings. The Morgan fingerprint density at radius 3 is 2.90 bits per heavy atom. The van der Waals surface area contributed by atoms with E-state index in [9.17, 15) is 5.11 Å². The Bertz CT molecular complexity index is 457. The molecule has 0 saturated carbocycles. The summed E-state index contributed by atoms with van der Waals surface area (Å²) < 4.78 is 11.4. The zero-order valence-corrected chi connectivity index (χ0v) is 12.2. The third-order valence-electron chi connectivity index (χ3n) is 4.50. The van der Waals surface area contributed by atoms with Crippen LogP contribution in [0.15, 0.2) is 18.5 Å². The Hall–Kier alpha value is -0.680. The maximum atomic E-state index is 10.6. The predicted molar refractivity (Wildman–Crippen MR) is 75.7 cm³/mol. The number of aliphatic hydroxyl groups is 1. The standard InChI is InChI=1S/C15H20ClNO3/c16-13-10-17-5-1-12(13)14(18)11-2-6-20-15(9-11)3-7-19-8-4-15/h1,5,10-11,14,18H,2-4,6-9H2. The van der Waals surface area contributed by atoms with Crippen molar-refractivity contribution in [2.75, 3.05) is 19.8 Å². The molecular formula is C15H20ClNO3. The monoisotopic (exact) mass is 297 g/mol. The van der Waals surface area contributed by atoms with Crippen LogP contribution in [0, 0.1) is 5.92 Å². The average molecular weight is 298 g/mol. The first-order valence-electron chi connectivity index (χ1n) is 7.19. The fraction of sp³-hybridized carbons (Fsp3) is 0.667. The third kappa shape index (κ3) is 2.84. The number of rotatable bonds is 2. The highest BCUT2D eigenvalue weighted by atomic mass is 35.5. The number of pyridine rings is 1. The zero-order chi connectivity index (χ0) is 14.0. The molecule has 1 N–H and O–H groups in total. The molecule has 2 aliphatic rings. The van der Waals surface area contributed by atoms with Gasteiger partial charge in [-0.15, -0.1) is 0 Å². The lowest BCUT2D eigenvalue weighted by Gasteiger charge is -2.44. The minimum atomic E-state index is -0.547. The smallest absolute Gasteiger partial charge is 0.0835 e. The second-order valence-electron chi connectivity index (χ2n) is 5.74. The van der Waals surface area contributed by atoms with E-state index in [1.807, 2.05) is 0 Å². The summed E-state index contributed by atoms with van der Waals surface area (Å²) in [5.74, 6) is 0.182. The molecule has 3 heterocycles. The van der Waals surface area contributed by atoms with E-state index in [1.54, 1.807) is 18.5 Å². The van der Waals surface area contributed by atoms with Gasteiger partial charge in [0, 0.05) is 37.8 Å². The fourth-order valence-electron chi connectivity index (χ4n) is 3.31. The molecule has 0 aliphatic carbocycles. The minimum Gasteiger partial charge on any atom is -0.388 e. The van der Waals surface area contributed by atoms with E-state index in [0.717, 1.165) is 44.5 Å². The van der Waals surface area contributed by atoms with E-state index >= 15 is 0 Å². The van der Waals surface area contributed by atoms with Crippen LogP contribution >= 0.6 is 11.6 Å². The van der Waals surface area contributed by atoms with Crippen molar-refractivity contribution in [3.63, 3.8) is 0 Å². The maximum Gasteiger partial charge on any atom is 0.0835 e. The number of halogens is 1. The summed E-state index contributed by atoms with van der Waals surface area (Å²) in [6.07, 6.45) is 6.28. The summed E-state index contributed by atoms with van der Waals surface area (Å²) in [5, 5.41) is 11.2. The molecule has 0 radical (unpaired) electrons. The molecule has 4 nitrogen and oxygen atoms in total. The molecule has 1 aromatic rings. The first kappa shape index (κ1) is 14.3. The van der Waals surface area contributed by atoms with E-state index < -0.39 is 6.10 Å². The van der Waals surface area contributed by atoms with Gasteiger partial charge in [-0.2, -0.15) is 0 Å². The van der Waals surface area contributed by atoms with Crippen LogP contribution in [0.2, 0.25) is 5.02 Å². The Morgan fingerprint density at radius 1 is 1.35 bits per heavy atom. The van der Waals surface area contributed by atoms with Crippen LogP contribution in [-0.2, 0) is 9.47 Å². The van der Waals surface area contributed by atoms with E-state index in [4.69, 9.17) is 21.1 Å². The summed E-state index contributed by atoms with van der Waals surface area (Å²) in [6.45, 7) is 2.20. The second-order valence-corrected chi connectivity index (χ2v) is 6.15. The molecule has 20 heavy (non-hydrogen) atoms. The first-order valence-corrected chi connectivity index (χ1v) is 7.57. The molecule has 1 aromatic heterocycles. The molecule has 2 atom stereocenters. The van der Waals surface area contributed by atoms with Gasteiger partial charge in [-0.1, -0.05) is 11.6 Å². The van der Waals surface area contributed by atoms with Gasteiger partial charge in [0.1, 0.15) is 0 Å². The average Bonchev–Trinajstić information content (AvgIpc) is 2.48. The van der Waals surface area contributed by atoms with Gasteiger partial charge < -0.3 is 14.6 Å². The van der Waals surface area contributed by atoms with Gasteiger partial charge in [0.25, 0.3) is 0 Å². The highest BCUT2D eigenvalue weighted by Gasteiger charge is 2.41. The van der Waals surface area contributed by atoms with Crippen molar-refractivity contribution in [1.82, 2.24) is 4.98 Å². The molecule has 110 valence electrons. The van der Waals surface area contributed by atoms with Crippen molar-refractivity contribution >= 4 is 11.6 Å². The normalized spacial score (nSPS) is 27.4. The van der Waals surface area contributed by atoms with Gasteiger partial charge >= 0.3 is 0 Å². The van der Waals surface area contributed by atoms with Crippen LogP contribution < -0.4 is 0 Å². The van der Waals surface area contributed by atoms with E-state index in [1.165, 1.54) is 0 Å². The molecule has 5 heteroatoms. The van der Waals surface area contributed by atoms with E-state index in [0.29, 0.717) is 11.6 Å². The first-order chi connectivity index (χ1) is 9.70. The van der Waals surface area contributed by atoms with Gasteiger partial charge in [0.2, 0.25) is 0 Å². The zero-order valence-electron chi connectivity index (χ0n) is 11.4. The Morgan fingerprint density at radius 2 is 2.15 bits per heavy atom. The van der Waals surface area contributed by atoms with Gasteiger partial charge in [0.15, 0.2) is 0 Å². The number of hydrogen-bond acceptors (Lipinski definition) is 4. The highest BCUT2D eigenvalue weighted by Crippen LogP contribution is 2.42. The quantitative estimate of drug-likeness (QED) is 0.912. The number of ether oxygens (including phenoxy) is 2. The summed E-state index contributed by atoms with van der Waals surface area (Å²) in [7, 11) is 0. The lowest BCUT2D eigenvalue weighted by Crippen LogP contribution is -2.45. The summed E-state index contributed by atoms with van der Waals surface area (Å²) in [4.78, 5) is 3.97. The molecule has 1 spiro atoms. The highest BCUT2D eigenvalue weighted by molar-refractivity contribution is 6.31. The van der Waals surface area contributed by atoms with Crippen molar-refractivity contribution in [1.29, 1.82) is 0 Å².